The van der Waals surface area contributed by atoms with Gasteiger partial charge in [0.05, 0.1) is 24.5 Å². The molecule has 0 aliphatic carbocycles. The molecule has 42 heavy (non-hydrogen) atoms. The molecule has 5 aromatic rings. The number of aromatic amines is 1. The molecule has 0 saturated heterocycles. The van der Waals surface area contributed by atoms with E-state index in [1.807, 2.05) is 61.0 Å². The van der Waals surface area contributed by atoms with Crippen LogP contribution >= 0.6 is 0 Å². The van der Waals surface area contributed by atoms with Gasteiger partial charge in [-0.25, -0.2) is 9.97 Å². The van der Waals surface area contributed by atoms with Gasteiger partial charge in [0, 0.05) is 45.8 Å². The fourth-order valence-electron chi connectivity index (χ4n) is 3.97. The van der Waals surface area contributed by atoms with Crippen LogP contribution in [0.4, 0.5) is 5.69 Å². The lowest BCUT2D eigenvalue weighted by atomic mass is 9.86. The van der Waals surface area contributed by atoms with Crippen LogP contribution in [0.2, 0.25) is 0 Å². The molecule has 5 rings (SSSR count). The fourth-order valence-corrected chi connectivity index (χ4v) is 3.97. The van der Waals surface area contributed by atoms with E-state index < -0.39 is 10.1 Å². The largest absolute Gasteiger partial charge is 0.322 e. The molecular formula is C31H32N6O4S. The van der Waals surface area contributed by atoms with Crippen LogP contribution in [-0.2, 0) is 15.5 Å². The van der Waals surface area contributed by atoms with Crippen molar-refractivity contribution in [1.29, 1.82) is 0 Å². The molecule has 0 atom stereocenters. The molecule has 11 heteroatoms. The van der Waals surface area contributed by atoms with Crippen molar-refractivity contribution in [2.24, 2.45) is 0 Å². The van der Waals surface area contributed by atoms with Gasteiger partial charge in [-0.1, -0.05) is 38.7 Å². The van der Waals surface area contributed by atoms with Gasteiger partial charge in [-0.05, 0) is 66.8 Å². The van der Waals surface area contributed by atoms with Crippen LogP contribution in [0.15, 0.2) is 67.4 Å². The predicted molar refractivity (Wildman–Crippen MR) is 163 cm³/mol. The lowest BCUT2D eigenvalue weighted by molar-refractivity contribution is 0.102. The summed E-state index contributed by atoms with van der Waals surface area (Å²) >= 11 is 0. The Kier molecular flexibility index (Phi) is 8.61. The molecule has 0 radical (unpaired) electrons. The number of pyridine rings is 1. The van der Waals surface area contributed by atoms with E-state index in [1.54, 1.807) is 18.7 Å². The summed E-state index contributed by atoms with van der Waals surface area (Å²) in [7, 11) is -3.67. The van der Waals surface area contributed by atoms with Gasteiger partial charge in [0.15, 0.2) is 5.65 Å². The zero-order valence-corrected chi connectivity index (χ0v) is 25.0. The molecule has 1 amide bonds. The number of carbonyl (C=O) groups is 1. The highest BCUT2D eigenvalue weighted by molar-refractivity contribution is 7.85. The zero-order chi connectivity index (χ0) is 30.7. The Morgan fingerprint density at radius 1 is 1.02 bits per heavy atom. The second-order valence-electron chi connectivity index (χ2n) is 10.9. The number of aromatic nitrogens is 5. The van der Waals surface area contributed by atoms with Gasteiger partial charge < -0.3 is 9.88 Å². The molecule has 216 valence electrons. The Morgan fingerprint density at radius 3 is 2.43 bits per heavy atom. The average Bonchev–Trinajstić information content (AvgIpc) is 3.55. The van der Waals surface area contributed by atoms with Crippen molar-refractivity contribution in [3.63, 3.8) is 0 Å². The Hall–Kier alpha value is -4.79. The van der Waals surface area contributed by atoms with Gasteiger partial charge in [0.1, 0.15) is 0 Å². The predicted octanol–water partition coefficient (Wildman–Crippen LogP) is 5.21. The number of hydrogen-bond donors (Lipinski definition) is 3. The van der Waals surface area contributed by atoms with E-state index in [4.69, 9.17) is 4.55 Å². The normalized spacial score (nSPS) is 11.3. The first-order valence-corrected chi connectivity index (χ1v) is 14.8. The van der Waals surface area contributed by atoms with Crippen LogP contribution in [0.3, 0.4) is 0 Å². The Morgan fingerprint density at radius 2 is 1.76 bits per heavy atom. The van der Waals surface area contributed by atoms with E-state index in [0.29, 0.717) is 11.8 Å². The highest BCUT2D eigenvalue weighted by Crippen LogP contribution is 2.29. The van der Waals surface area contributed by atoms with E-state index >= 15 is 0 Å². The number of aryl methyl sites for hydroxylation is 2. The number of rotatable bonds is 3. The number of carbonyl (C=O) groups excluding carboxylic acids is 1. The van der Waals surface area contributed by atoms with Crippen molar-refractivity contribution < 1.29 is 17.8 Å². The van der Waals surface area contributed by atoms with Gasteiger partial charge >= 0.3 is 0 Å². The number of fused-ring (bicyclic) bond motifs is 1. The number of amides is 1. The number of H-pyrrole nitrogens is 1. The third-order valence-corrected chi connectivity index (χ3v) is 6.18. The molecule has 0 bridgehead atoms. The van der Waals surface area contributed by atoms with E-state index in [-0.39, 0.29) is 11.3 Å². The number of benzene rings is 2. The van der Waals surface area contributed by atoms with Crippen molar-refractivity contribution in [1.82, 2.24) is 24.7 Å². The molecule has 0 spiro atoms. The Balaban J connectivity index is 0.000000748. The smallest absolute Gasteiger partial charge is 0.261 e. The minimum absolute atomic E-state index is 0.0912. The minimum Gasteiger partial charge on any atom is -0.322 e. The first-order valence-electron chi connectivity index (χ1n) is 13.0. The Bertz CT molecular complexity index is 1930. The summed E-state index contributed by atoms with van der Waals surface area (Å²) in [5.74, 6) is 6.16. The van der Waals surface area contributed by atoms with Gasteiger partial charge in [-0.3, -0.25) is 14.4 Å². The van der Waals surface area contributed by atoms with E-state index in [9.17, 15) is 13.2 Å². The van der Waals surface area contributed by atoms with Crippen LogP contribution in [0.1, 0.15) is 59.1 Å². The summed E-state index contributed by atoms with van der Waals surface area (Å²) < 4.78 is 27.8. The second-order valence-corrected chi connectivity index (χ2v) is 12.4. The average molecular weight is 585 g/mol. The van der Waals surface area contributed by atoms with Crippen molar-refractivity contribution in [2.75, 3.05) is 11.6 Å². The van der Waals surface area contributed by atoms with Gasteiger partial charge in [0.25, 0.3) is 16.0 Å². The summed E-state index contributed by atoms with van der Waals surface area (Å²) in [6.45, 7) is 10.4. The third kappa shape index (κ3) is 8.13. The molecule has 3 N–H and O–H groups in total. The van der Waals surface area contributed by atoms with Crippen molar-refractivity contribution in [3.8, 4) is 17.5 Å². The summed E-state index contributed by atoms with van der Waals surface area (Å²) in [4.78, 5) is 22.0. The number of nitrogens with zero attached hydrogens (tertiary/aromatic N) is 4. The van der Waals surface area contributed by atoms with Crippen LogP contribution in [0, 0.1) is 25.7 Å². The molecule has 0 fully saturated rings. The maximum Gasteiger partial charge on any atom is 0.261 e. The van der Waals surface area contributed by atoms with E-state index in [1.165, 1.54) is 0 Å². The molecular weight excluding hydrogens is 552 g/mol. The molecule has 0 saturated carbocycles. The first-order chi connectivity index (χ1) is 19.7. The third-order valence-electron chi connectivity index (χ3n) is 6.18. The molecule has 0 aliphatic rings. The summed E-state index contributed by atoms with van der Waals surface area (Å²) in [6.07, 6.45) is 7.90. The molecule has 0 unspecified atom stereocenters. The van der Waals surface area contributed by atoms with E-state index in [0.717, 1.165) is 50.4 Å². The minimum atomic E-state index is -3.67. The SMILES string of the molecule is CS(=O)(=O)O.Cc1cn(-c2cc(NC(=O)c3ccc(C)c(C#Cc4cnc5[nH]ncc5c4)c3)cc(C(C)(C)C)c2)cn1. The summed E-state index contributed by atoms with van der Waals surface area (Å²) in [5, 5.41) is 10.8. The van der Waals surface area contributed by atoms with Crippen molar-refractivity contribution in [3.05, 3.63) is 101 Å². The van der Waals surface area contributed by atoms with Gasteiger partial charge in [0.2, 0.25) is 0 Å². The standard InChI is InChI=1S/C30H28N6O.CH4O3S/c1-19-6-8-23(11-22(19)9-7-21-10-24-16-33-35-28(24)31-15-21)29(37)34-26-12-25(30(3,4)5)13-27(14-26)36-17-20(2)32-18-36;1-5(2,3)4/h6,8,10-18H,1-5H3,(H,34,37)(H,31,33,35);1H3,(H,2,3,4). The Labute approximate surface area is 245 Å². The van der Waals surface area contributed by atoms with Crippen molar-refractivity contribution in [2.45, 2.75) is 40.0 Å². The van der Waals surface area contributed by atoms with Crippen LogP contribution in [0.25, 0.3) is 16.7 Å². The lowest BCUT2D eigenvalue weighted by Gasteiger charge is -2.22. The quantitative estimate of drug-likeness (QED) is 0.195. The second kappa shape index (κ2) is 12.0. The molecule has 0 aliphatic heterocycles. The number of anilines is 1. The molecule has 3 heterocycles. The van der Waals surface area contributed by atoms with Crippen LogP contribution < -0.4 is 5.32 Å². The number of imidazole rings is 1. The molecule has 2 aromatic carbocycles. The number of hydrogen-bond acceptors (Lipinski definition) is 6. The van der Waals surface area contributed by atoms with Gasteiger partial charge in [-0.2, -0.15) is 13.5 Å². The van der Waals surface area contributed by atoms with E-state index in [2.05, 4.69) is 64.2 Å². The summed E-state index contributed by atoms with van der Waals surface area (Å²) in [6, 6.07) is 13.6. The monoisotopic (exact) mass is 584 g/mol. The molecule has 3 aromatic heterocycles. The topological polar surface area (TPSA) is 143 Å². The maximum atomic E-state index is 13.3. The first kappa shape index (κ1) is 30.2. The van der Waals surface area contributed by atoms with Gasteiger partial charge in [-0.15, -0.1) is 0 Å². The van der Waals surface area contributed by atoms with Crippen molar-refractivity contribution >= 4 is 32.7 Å². The fraction of sp³-hybridized carbons (Fsp3) is 0.226. The summed E-state index contributed by atoms with van der Waals surface area (Å²) in [5.41, 5.74) is 7.46. The van der Waals surface area contributed by atoms with Crippen LogP contribution in [0.5, 0.6) is 0 Å². The highest BCUT2D eigenvalue weighted by Gasteiger charge is 2.17. The molecule has 10 nitrogen and oxygen atoms in total. The van der Waals surface area contributed by atoms with Crippen LogP contribution in [-0.4, -0.2) is 49.9 Å². The zero-order valence-electron chi connectivity index (χ0n) is 24.2. The number of nitrogens with one attached hydrogen (secondary N) is 2. The lowest BCUT2D eigenvalue weighted by Crippen LogP contribution is -2.16. The maximum absolute atomic E-state index is 13.3. The highest BCUT2D eigenvalue weighted by atomic mass is 32.2.